The second kappa shape index (κ2) is 12.9. The van der Waals surface area contributed by atoms with Crippen LogP contribution < -0.4 is 0 Å². The number of esters is 1. The molecule has 0 saturated carbocycles. The summed E-state index contributed by atoms with van der Waals surface area (Å²) in [5.41, 5.74) is -1.000. The highest BCUT2D eigenvalue weighted by molar-refractivity contribution is 9.09. The minimum Gasteiger partial charge on any atom is -0.465 e. The summed E-state index contributed by atoms with van der Waals surface area (Å²) < 4.78 is 12.3. The number of likely N-dealkylation sites (tertiary alicyclic amines) is 1. The third-order valence-corrected chi connectivity index (χ3v) is 9.83. The number of aliphatic hydroxyl groups excluding tert-OH is 1. The van der Waals surface area contributed by atoms with Crippen LogP contribution >= 0.6 is 15.9 Å². The van der Waals surface area contributed by atoms with E-state index in [9.17, 15) is 19.5 Å². The molecule has 3 unspecified atom stereocenters. The molecule has 9 heteroatoms. The van der Waals surface area contributed by atoms with E-state index in [1.165, 1.54) is 4.90 Å². The van der Waals surface area contributed by atoms with Crippen LogP contribution in [0.4, 0.5) is 0 Å². The fraction of sp³-hybridized carbons (Fsp3) is 0.618. The summed E-state index contributed by atoms with van der Waals surface area (Å²) in [5.74, 6) is -2.91. The Hall–Kier alpha value is -2.49. The van der Waals surface area contributed by atoms with E-state index in [1.54, 1.807) is 17.1 Å². The molecule has 2 amide bonds. The van der Waals surface area contributed by atoms with E-state index in [0.717, 1.165) is 5.56 Å². The maximum atomic E-state index is 15.0. The average Bonchev–Trinajstić information content (AvgIpc) is 3.52. The van der Waals surface area contributed by atoms with Gasteiger partial charge in [-0.1, -0.05) is 79.2 Å². The van der Waals surface area contributed by atoms with Gasteiger partial charge < -0.3 is 24.4 Å². The summed E-state index contributed by atoms with van der Waals surface area (Å²) in [6, 6.07) is 7.85. The number of alkyl halides is 1. The van der Waals surface area contributed by atoms with Gasteiger partial charge in [0, 0.05) is 16.9 Å². The number of hydrogen-bond donors (Lipinski definition) is 1. The predicted molar refractivity (Wildman–Crippen MR) is 169 cm³/mol. The third-order valence-electron chi connectivity index (χ3n) is 8.99. The van der Waals surface area contributed by atoms with E-state index in [0.29, 0.717) is 25.7 Å². The van der Waals surface area contributed by atoms with Gasteiger partial charge in [-0.25, -0.2) is 0 Å². The summed E-state index contributed by atoms with van der Waals surface area (Å²) in [6.45, 7) is 18.2. The molecule has 3 saturated heterocycles. The molecule has 1 aromatic carbocycles. The molecule has 1 N–H and O–H groups in total. The number of amides is 2. The van der Waals surface area contributed by atoms with Gasteiger partial charge in [0.25, 0.3) is 0 Å². The van der Waals surface area contributed by atoms with Crippen LogP contribution in [0.5, 0.6) is 0 Å². The molecule has 1 spiro atoms. The smallest absolute Gasteiger partial charge is 0.312 e. The van der Waals surface area contributed by atoms with Gasteiger partial charge in [-0.15, -0.1) is 13.2 Å². The van der Waals surface area contributed by atoms with Crippen LogP contribution in [0, 0.1) is 17.3 Å². The predicted octanol–water partition coefficient (Wildman–Crippen LogP) is 4.69. The van der Waals surface area contributed by atoms with Gasteiger partial charge in [-0.3, -0.25) is 14.4 Å². The Labute approximate surface area is 264 Å². The molecule has 1 aromatic rings. The summed E-state index contributed by atoms with van der Waals surface area (Å²) in [7, 11) is 0. The van der Waals surface area contributed by atoms with E-state index in [2.05, 4.69) is 49.9 Å². The lowest BCUT2D eigenvalue weighted by Crippen LogP contribution is -2.63. The topological polar surface area (TPSA) is 96.4 Å². The highest BCUT2D eigenvalue weighted by Crippen LogP contribution is 2.61. The lowest BCUT2D eigenvalue weighted by Gasteiger charge is -2.46. The zero-order valence-electron chi connectivity index (χ0n) is 26.1. The molecule has 2 bridgehead atoms. The number of halogens is 1. The number of aliphatic hydroxyl groups is 1. The number of hydrogen-bond acceptors (Lipinski definition) is 6. The Morgan fingerprint density at radius 3 is 2.47 bits per heavy atom. The van der Waals surface area contributed by atoms with Gasteiger partial charge in [0.15, 0.2) is 0 Å². The van der Waals surface area contributed by atoms with Crippen molar-refractivity contribution in [2.45, 2.75) is 94.5 Å². The summed E-state index contributed by atoms with van der Waals surface area (Å²) in [4.78, 5) is 46.2. The van der Waals surface area contributed by atoms with E-state index in [1.807, 2.05) is 44.2 Å². The van der Waals surface area contributed by atoms with Crippen molar-refractivity contribution >= 4 is 33.7 Å². The number of ether oxygens (including phenoxy) is 2. The van der Waals surface area contributed by atoms with Crippen molar-refractivity contribution < 1.29 is 29.0 Å². The van der Waals surface area contributed by atoms with Crippen molar-refractivity contribution in [2.24, 2.45) is 17.3 Å². The molecule has 3 aliphatic heterocycles. The molecule has 43 heavy (non-hydrogen) atoms. The molecule has 7 atom stereocenters. The van der Waals surface area contributed by atoms with Crippen LogP contribution in [0.3, 0.4) is 0 Å². The monoisotopic (exact) mass is 658 g/mol. The number of rotatable bonds is 13. The maximum Gasteiger partial charge on any atom is 0.312 e. The number of fused-ring (bicyclic) bond motifs is 1. The number of nitrogens with zero attached hydrogens (tertiary/aromatic N) is 2. The van der Waals surface area contributed by atoms with Crippen LogP contribution in [-0.4, -0.2) is 86.6 Å². The van der Waals surface area contributed by atoms with Crippen LogP contribution in [0.15, 0.2) is 55.6 Å². The van der Waals surface area contributed by atoms with Gasteiger partial charge in [-0.05, 0) is 50.5 Å². The SMILES string of the molecule is C=CCCOC(=O)[C@H]1[C@H]2C(=O)N([C@@H](CO)Cc3ccccc3)C(C(=O)N(CC=C)C(C)(C)CC(C)(C)C)C23CC(Br)[C@@H]1O3. The second-order valence-corrected chi connectivity index (χ2v) is 15.1. The molecular weight excluding hydrogens is 612 g/mol. The number of carbonyl (C=O) groups is 3. The normalized spacial score (nSPS) is 28.9. The first-order valence-electron chi connectivity index (χ1n) is 15.2. The van der Waals surface area contributed by atoms with Crippen molar-refractivity contribution in [3.63, 3.8) is 0 Å². The second-order valence-electron chi connectivity index (χ2n) is 14.0. The van der Waals surface area contributed by atoms with Gasteiger partial charge in [0.2, 0.25) is 11.8 Å². The maximum absolute atomic E-state index is 15.0. The van der Waals surface area contributed by atoms with E-state index < -0.39 is 47.1 Å². The fourth-order valence-electron chi connectivity index (χ4n) is 7.79. The van der Waals surface area contributed by atoms with Crippen molar-refractivity contribution in [1.29, 1.82) is 0 Å². The molecule has 0 aromatic heterocycles. The van der Waals surface area contributed by atoms with Crippen LogP contribution in [-0.2, 0) is 30.3 Å². The van der Waals surface area contributed by atoms with E-state index in [-0.39, 0.29) is 41.8 Å². The summed E-state index contributed by atoms with van der Waals surface area (Å²) in [6.07, 6.45) is 4.67. The Morgan fingerprint density at radius 2 is 1.88 bits per heavy atom. The standard InChI is InChI=1S/C34H47BrN2O6/c1-8-10-17-42-31(41)25-26-29(39)37(23(20-38)18-22-14-12-11-13-15-22)28(34(26)19-24(35)27(25)43-34)30(40)36(16-9-2)33(6,7)21-32(3,4)5/h8-9,11-15,23-28,38H,1-2,10,16-21H2,3-7H3/t23-,24?,25+,26+,27+,28?,34?/m1/s1. The highest BCUT2D eigenvalue weighted by Gasteiger charge is 2.77. The van der Waals surface area contributed by atoms with Gasteiger partial charge in [-0.2, -0.15) is 0 Å². The van der Waals surface area contributed by atoms with Gasteiger partial charge in [0.05, 0.1) is 37.2 Å². The molecule has 3 heterocycles. The van der Waals surface area contributed by atoms with Crippen molar-refractivity contribution in [3.8, 4) is 0 Å². The minimum atomic E-state index is -1.25. The number of benzene rings is 1. The van der Waals surface area contributed by atoms with E-state index >= 15 is 0 Å². The van der Waals surface area contributed by atoms with Crippen LogP contribution in [0.25, 0.3) is 0 Å². The zero-order valence-corrected chi connectivity index (χ0v) is 27.7. The molecule has 236 valence electrons. The average molecular weight is 660 g/mol. The fourth-order valence-corrected chi connectivity index (χ4v) is 8.73. The Kier molecular flexibility index (Phi) is 9.99. The lowest BCUT2D eigenvalue weighted by atomic mass is 9.70. The number of carbonyl (C=O) groups excluding carboxylic acids is 3. The Balaban J connectivity index is 1.83. The zero-order chi connectivity index (χ0) is 31.7. The molecular formula is C34H47BrN2O6. The van der Waals surface area contributed by atoms with Crippen molar-refractivity contribution in [2.75, 3.05) is 19.8 Å². The summed E-state index contributed by atoms with van der Waals surface area (Å²) in [5, 5.41) is 10.7. The van der Waals surface area contributed by atoms with Crippen LogP contribution in [0.1, 0.15) is 59.4 Å². The first kappa shape index (κ1) is 33.4. The molecule has 0 radical (unpaired) electrons. The third kappa shape index (κ3) is 6.36. The largest absolute Gasteiger partial charge is 0.465 e. The molecule has 0 aliphatic carbocycles. The van der Waals surface area contributed by atoms with Gasteiger partial charge >= 0.3 is 5.97 Å². The van der Waals surface area contributed by atoms with Crippen molar-refractivity contribution in [1.82, 2.24) is 9.80 Å². The first-order chi connectivity index (χ1) is 20.2. The van der Waals surface area contributed by atoms with E-state index in [4.69, 9.17) is 9.47 Å². The van der Waals surface area contributed by atoms with Crippen molar-refractivity contribution in [3.05, 3.63) is 61.2 Å². The first-order valence-corrected chi connectivity index (χ1v) is 16.1. The Bertz CT molecular complexity index is 1210. The molecule has 3 aliphatic rings. The summed E-state index contributed by atoms with van der Waals surface area (Å²) >= 11 is 3.72. The molecule has 8 nitrogen and oxygen atoms in total. The minimum absolute atomic E-state index is 0.0836. The Morgan fingerprint density at radius 1 is 1.21 bits per heavy atom. The molecule has 4 rings (SSSR count). The quantitative estimate of drug-likeness (QED) is 0.143. The highest BCUT2D eigenvalue weighted by atomic mass is 79.9. The van der Waals surface area contributed by atoms with Crippen LogP contribution in [0.2, 0.25) is 0 Å². The van der Waals surface area contributed by atoms with Gasteiger partial charge in [0.1, 0.15) is 11.6 Å². The molecule has 3 fully saturated rings. The lowest BCUT2D eigenvalue weighted by molar-refractivity contribution is -0.157.